The summed E-state index contributed by atoms with van der Waals surface area (Å²) in [5, 5.41) is 0. The predicted molar refractivity (Wildman–Crippen MR) is 57.4 cm³/mol. The molecule has 1 heterocycles. The van der Waals surface area contributed by atoms with Crippen LogP contribution >= 0.6 is 0 Å². The zero-order valence-corrected chi connectivity index (χ0v) is 9.96. The summed E-state index contributed by atoms with van der Waals surface area (Å²) in [5.74, 6) is 0. The summed E-state index contributed by atoms with van der Waals surface area (Å²) in [5.41, 5.74) is 5.68. The number of ether oxygens (including phenoxy) is 1. The molecular formula is C11H20N2O2. The van der Waals surface area contributed by atoms with Crippen LogP contribution in [-0.4, -0.2) is 35.2 Å². The van der Waals surface area contributed by atoms with Gasteiger partial charge in [-0.15, -0.1) is 0 Å². The van der Waals surface area contributed by atoms with E-state index in [2.05, 4.69) is 6.92 Å². The topological polar surface area (TPSA) is 55.6 Å². The number of nitrogens with zero attached hydrogens (tertiary/aromatic N) is 1. The van der Waals surface area contributed by atoms with Crippen LogP contribution < -0.4 is 5.73 Å². The Balaban J connectivity index is 1.96. The van der Waals surface area contributed by atoms with Gasteiger partial charge < -0.3 is 15.4 Å². The molecule has 2 rings (SSSR count). The van der Waals surface area contributed by atoms with Gasteiger partial charge in [0, 0.05) is 24.0 Å². The highest BCUT2D eigenvalue weighted by Crippen LogP contribution is 2.59. The third-order valence-electron chi connectivity index (χ3n) is 3.45. The summed E-state index contributed by atoms with van der Waals surface area (Å²) in [6, 6.07) is 0. The second-order valence-corrected chi connectivity index (χ2v) is 6.23. The van der Waals surface area contributed by atoms with Crippen molar-refractivity contribution in [3.05, 3.63) is 0 Å². The van der Waals surface area contributed by atoms with E-state index < -0.39 is 5.60 Å². The zero-order valence-electron chi connectivity index (χ0n) is 9.96. The summed E-state index contributed by atoms with van der Waals surface area (Å²) < 4.78 is 5.31. The number of nitrogens with two attached hydrogens (primary N) is 1. The highest BCUT2D eigenvalue weighted by atomic mass is 16.6. The lowest BCUT2D eigenvalue weighted by Crippen LogP contribution is -2.40. The Hall–Kier alpha value is -0.770. The average molecular weight is 212 g/mol. The van der Waals surface area contributed by atoms with Crippen molar-refractivity contribution in [1.82, 2.24) is 4.90 Å². The number of carbonyl (C=O) groups is 1. The second-order valence-electron chi connectivity index (χ2n) is 6.23. The lowest BCUT2D eigenvalue weighted by atomic mass is 10.1. The first-order chi connectivity index (χ1) is 6.65. The fourth-order valence-electron chi connectivity index (χ4n) is 2.39. The van der Waals surface area contributed by atoms with Crippen molar-refractivity contribution < 1.29 is 9.53 Å². The largest absolute Gasteiger partial charge is 0.444 e. The lowest BCUT2D eigenvalue weighted by molar-refractivity contribution is 0.0261. The number of rotatable bonds is 0. The summed E-state index contributed by atoms with van der Waals surface area (Å²) in [6.07, 6.45) is 0.792. The van der Waals surface area contributed by atoms with E-state index in [0.717, 1.165) is 13.0 Å². The monoisotopic (exact) mass is 212 g/mol. The molecular weight excluding hydrogens is 192 g/mol. The molecule has 2 N–H and O–H groups in total. The lowest BCUT2D eigenvalue weighted by Gasteiger charge is -2.26. The third-order valence-corrected chi connectivity index (χ3v) is 3.45. The van der Waals surface area contributed by atoms with Crippen molar-refractivity contribution in [2.45, 2.75) is 45.3 Å². The molecule has 2 aliphatic rings. The summed E-state index contributed by atoms with van der Waals surface area (Å²) in [4.78, 5) is 13.5. The van der Waals surface area contributed by atoms with Crippen molar-refractivity contribution in [3.8, 4) is 0 Å². The van der Waals surface area contributed by atoms with Crippen LogP contribution in [0.1, 0.15) is 34.1 Å². The molecule has 1 saturated heterocycles. The van der Waals surface area contributed by atoms with Gasteiger partial charge in [-0.3, -0.25) is 0 Å². The van der Waals surface area contributed by atoms with Crippen LogP contribution in [0, 0.1) is 5.41 Å². The van der Waals surface area contributed by atoms with Gasteiger partial charge in [0.2, 0.25) is 0 Å². The van der Waals surface area contributed by atoms with Gasteiger partial charge in [-0.05, 0) is 27.2 Å². The first-order valence-electron chi connectivity index (χ1n) is 5.42. The van der Waals surface area contributed by atoms with Crippen LogP contribution in [-0.2, 0) is 4.74 Å². The van der Waals surface area contributed by atoms with Crippen LogP contribution in [0.2, 0.25) is 0 Å². The van der Waals surface area contributed by atoms with Gasteiger partial charge in [0.15, 0.2) is 0 Å². The minimum Gasteiger partial charge on any atom is -0.444 e. The molecule has 15 heavy (non-hydrogen) atoms. The zero-order chi connectivity index (χ0) is 11.5. The van der Waals surface area contributed by atoms with E-state index in [-0.39, 0.29) is 17.0 Å². The van der Waals surface area contributed by atoms with Gasteiger partial charge in [-0.25, -0.2) is 4.79 Å². The molecule has 0 bridgehead atoms. The molecule has 0 aromatic carbocycles. The van der Waals surface area contributed by atoms with Gasteiger partial charge in [-0.2, -0.15) is 0 Å². The molecule has 1 aliphatic heterocycles. The molecule has 0 aromatic heterocycles. The Kier molecular flexibility index (Phi) is 1.91. The predicted octanol–water partition coefficient (Wildman–Crippen LogP) is 1.34. The molecule has 0 radical (unpaired) electrons. The number of hydrogen-bond acceptors (Lipinski definition) is 3. The van der Waals surface area contributed by atoms with E-state index in [1.165, 1.54) is 0 Å². The van der Waals surface area contributed by atoms with Crippen molar-refractivity contribution >= 4 is 6.09 Å². The Labute approximate surface area is 90.8 Å². The third kappa shape index (κ3) is 1.71. The number of piperidine rings is 1. The highest BCUT2D eigenvalue weighted by Gasteiger charge is 2.68. The van der Waals surface area contributed by atoms with Crippen molar-refractivity contribution in [1.29, 1.82) is 0 Å². The molecule has 1 saturated carbocycles. The number of fused-ring (bicyclic) bond motifs is 1. The van der Waals surface area contributed by atoms with Gasteiger partial charge in [0.25, 0.3) is 0 Å². The second kappa shape index (κ2) is 2.67. The highest BCUT2D eigenvalue weighted by molar-refractivity contribution is 5.69. The smallest absolute Gasteiger partial charge is 0.410 e. The molecule has 1 amide bonds. The standard InChI is InChI=1S/C11H20N2O2/c1-9(2,3)15-8(14)13-6-10(4)5-11(10,12)7-13/h5-7,12H2,1-4H3. The van der Waals surface area contributed by atoms with E-state index in [1.807, 2.05) is 20.8 Å². The minimum absolute atomic E-state index is 0.129. The van der Waals surface area contributed by atoms with E-state index in [1.54, 1.807) is 4.90 Å². The SMILES string of the molecule is CC(C)(C)OC(=O)N1CC2(C)CC2(N)C1. The summed E-state index contributed by atoms with van der Waals surface area (Å²) in [6.45, 7) is 9.14. The molecule has 0 aromatic rings. The van der Waals surface area contributed by atoms with E-state index in [4.69, 9.17) is 10.5 Å². The maximum atomic E-state index is 11.8. The minimum atomic E-state index is -0.424. The summed E-state index contributed by atoms with van der Waals surface area (Å²) >= 11 is 0. The Morgan fingerprint density at radius 3 is 2.40 bits per heavy atom. The number of carbonyl (C=O) groups excluding carboxylic acids is 1. The van der Waals surface area contributed by atoms with Gasteiger partial charge in [-0.1, -0.05) is 6.92 Å². The molecule has 0 spiro atoms. The van der Waals surface area contributed by atoms with Crippen LogP contribution in [0.25, 0.3) is 0 Å². The molecule has 4 heteroatoms. The van der Waals surface area contributed by atoms with E-state index in [0.29, 0.717) is 6.54 Å². The van der Waals surface area contributed by atoms with Crippen LogP contribution in [0.5, 0.6) is 0 Å². The normalized spacial score (nSPS) is 38.9. The van der Waals surface area contributed by atoms with Crippen LogP contribution in [0.15, 0.2) is 0 Å². The maximum Gasteiger partial charge on any atom is 0.410 e. The van der Waals surface area contributed by atoms with Gasteiger partial charge in [0.05, 0.1) is 0 Å². The van der Waals surface area contributed by atoms with Crippen LogP contribution in [0.3, 0.4) is 0 Å². The number of hydrogen-bond donors (Lipinski definition) is 1. The first-order valence-corrected chi connectivity index (χ1v) is 5.42. The van der Waals surface area contributed by atoms with Gasteiger partial charge >= 0.3 is 6.09 Å². The van der Waals surface area contributed by atoms with Crippen molar-refractivity contribution in [3.63, 3.8) is 0 Å². The average Bonchev–Trinajstić information content (AvgIpc) is 2.38. The maximum absolute atomic E-state index is 11.8. The molecule has 2 fully saturated rings. The first kappa shape index (κ1) is 10.7. The molecule has 2 atom stereocenters. The van der Waals surface area contributed by atoms with Crippen LogP contribution in [0.4, 0.5) is 4.79 Å². The molecule has 86 valence electrons. The Morgan fingerprint density at radius 1 is 1.40 bits per heavy atom. The summed E-state index contributed by atoms with van der Waals surface area (Å²) in [7, 11) is 0. The van der Waals surface area contributed by atoms with Crippen molar-refractivity contribution in [2.24, 2.45) is 11.1 Å². The van der Waals surface area contributed by atoms with Gasteiger partial charge in [0.1, 0.15) is 5.60 Å². The molecule has 1 aliphatic carbocycles. The molecule has 2 unspecified atom stereocenters. The number of amides is 1. The van der Waals surface area contributed by atoms with E-state index in [9.17, 15) is 4.79 Å². The number of likely N-dealkylation sites (tertiary alicyclic amines) is 1. The molecule has 4 nitrogen and oxygen atoms in total. The fourth-order valence-corrected chi connectivity index (χ4v) is 2.39. The Morgan fingerprint density at radius 2 is 2.00 bits per heavy atom. The fraction of sp³-hybridized carbons (Fsp3) is 0.909. The quantitative estimate of drug-likeness (QED) is 0.659. The van der Waals surface area contributed by atoms with E-state index >= 15 is 0 Å². The Bertz CT molecular complexity index is 294. The van der Waals surface area contributed by atoms with Crippen molar-refractivity contribution in [2.75, 3.05) is 13.1 Å².